The van der Waals surface area contributed by atoms with Gasteiger partial charge in [0.25, 0.3) is 0 Å². The van der Waals surface area contributed by atoms with Gasteiger partial charge < -0.3 is 9.32 Å². The van der Waals surface area contributed by atoms with Crippen LogP contribution in [0.1, 0.15) is 25.7 Å². The average molecular weight is 469 g/mol. The van der Waals surface area contributed by atoms with Crippen molar-refractivity contribution in [1.82, 2.24) is 4.98 Å². The van der Waals surface area contributed by atoms with E-state index in [0.717, 1.165) is 37.8 Å². The molecule has 0 spiro atoms. The highest BCUT2D eigenvalue weighted by Crippen LogP contribution is 2.38. The molecule has 0 atom stereocenters. The van der Waals surface area contributed by atoms with Crippen molar-refractivity contribution in [3.05, 3.63) is 58.3 Å². The first-order valence-electron chi connectivity index (χ1n) is 9.58. The predicted molar refractivity (Wildman–Crippen MR) is 114 cm³/mol. The van der Waals surface area contributed by atoms with Gasteiger partial charge in [-0.15, -0.1) is 0 Å². The Bertz CT molecular complexity index is 1160. The monoisotopic (exact) mass is 468 g/mol. The van der Waals surface area contributed by atoms with E-state index in [9.17, 15) is 12.8 Å². The van der Waals surface area contributed by atoms with E-state index < -0.39 is 15.7 Å². The molecule has 9 heteroatoms. The fourth-order valence-corrected chi connectivity index (χ4v) is 5.26. The minimum Gasteiger partial charge on any atom is -0.419 e. The molecule has 0 saturated carbocycles. The van der Waals surface area contributed by atoms with Crippen molar-refractivity contribution >= 4 is 38.9 Å². The SMILES string of the molecule is O=S(=O)(c1ccc(F)cc1)c1nc(-c2ccc(Cl)cc2Cl)oc1N1CCCCCC1. The third-order valence-electron chi connectivity index (χ3n) is 5.01. The van der Waals surface area contributed by atoms with Crippen LogP contribution in [0.5, 0.6) is 0 Å². The molecule has 1 fully saturated rings. The van der Waals surface area contributed by atoms with E-state index in [1.165, 1.54) is 12.1 Å². The molecule has 0 amide bonds. The summed E-state index contributed by atoms with van der Waals surface area (Å²) in [5.41, 5.74) is 0.442. The molecule has 5 nitrogen and oxygen atoms in total. The lowest BCUT2D eigenvalue weighted by molar-refractivity contribution is 0.543. The van der Waals surface area contributed by atoms with Gasteiger partial charge in [0.05, 0.1) is 15.5 Å². The minimum atomic E-state index is -4.04. The van der Waals surface area contributed by atoms with E-state index in [-0.39, 0.29) is 21.7 Å². The smallest absolute Gasteiger partial charge is 0.236 e. The number of sulfone groups is 1. The summed E-state index contributed by atoms with van der Waals surface area (Å²) in [6.07, 6.45) is 3.99. The number of hydrogen-bond donors (Lipinski definition) is 0. The predicted octanol–water partition coefficient (Wildman–Crippen LogP) is 6.00. The van der Waals surface area contributed by atoms with Crippen molar-refractivity contribution in [3.63, 3.8) is 0 Å². The Hall–Kier alpha value is -2.09. The van der Waals surface area contributed by atoms with Gasteiger partial charge in [-0.25, -0.2) is 12.8 Å². The molecule has 1 aliphatic heterocycles. The molecular formula is C21H19Cl2FN2O3S. The summed E-state index contributed by atoms with van der Waals surface area (Å²) in [6.45, 7) is 1.32. The van der Waals surface area contributed by atoms with Crippen LogP contribution in [0.2, 0.25) is 10.0 Å². The van der Waals surface area contributed by atoms with Crippen molar-refractivity contribution in [2.75, 3.05) is 18.0 Å². The van der Waals surface area contributed by atoms with Crippen LogP contribution in [-0.4, -0.2) is 26.5 Å². The molecular weight excluding hydrogens is 450 g/mol. The summed E-state index contributed by atoms with van der Waals surface area (Å²) < 4.78 is 46.0. The Kier molecular flexibility index (Phi) is 6.04. The van der Waals surface area contributed by atoms with Crippen molar-refractivity contribution in [2.24, 2.45) is 0 Å². The maximum atomic E-state index is 13.4. The number of aromatic nitrogens is 1. The third-order valence-corrected chi connectivity index (χ3v) is 7.23. The summed E-state index contributed by atoms with van der Waals surface area (Å²) in [6, 6.07) is 9.47. The van der Waals surface area contributed by atoms with Crippen molar-refractivity contribution in [1.29, 1.82) is 0 Å². The summed E-state index contributed by atoms with van der Waals surface area (Å²) in [5.74, 6) is -0.241. The van der Waals surface area contributed by atoms with Gasteiger partial charge >= 0.3 is 0 Å². The molecule has 0 radical (unpaired) electrons. The molecule has 1 aromatic heterocycles. The van der Waals surface area contributed by atoms with Crippen LogP contribution < -0.4 is 4.90 Å². The van der Waals surface area contributed by atoms with Crippen LogP contribution in [0.15, 0.2) is 56.8 Å². The number of rotatable bonds is 4. The first-order chi connectivity index (χ1) is 14.4. The molecule has 30 heavy (non-hydrogen) atoms. The Morgan fingerprint density at radius 1 is 0.967 bits per heavy atom. The lowest BCUT2D eigenvalue weighted by Gasteiger charge is -2.20. The molecule has 2 heterocycles. The van der Waals surface area contributed by atoms with Crippen LogP contribution >= 0.6 is 23.2 Å². The topological polar surface area (TPSA) is 63.4 Å². The highest BCUT2D eigenvalue weighted by Gasteiger charge is 2.32. The molecule has 0 bridgehead atoms. The summed E-state index contributed by atoms with van der Waals surface area (Å²) in [7, 11) is -4.04. The quantitative estimate of drug-likeness (QED) is 0.439. The minimum absolute atomic E-state index is 0.0537. The Balaban J connectivity index is 1.87. The Labute approximate surface area is 184 Å². The van der Waals surface area contributed by atoms with Crippen LogP contribution in [0, 0.1) is 5.82 Å². The normalized spacial score (nSPS) is 15.2. The van der Waals surface area contributed by atoms with E-state index in [2.05, 4.69) is 4.98 Å². The highest BCUT2D eigenvalue weighted by molar-refractivity contribution is 7.91. The van der Waals surface area contributed by atoms with E-state index in [0.29, 0.717) is 28.7 Å². The molecule has 0 aliphatic carbocycles. The highest BCUT2D eigenvalue weighted by atomic mass is 35.5. The second-order valence-electron chi connectivity index (χ2n) is 7.11. The van der Waals surface area contributed by atoms with Crippen LogP contribution in [0.25, 0.3) is 11.5 Å². The largest absolute Gasteiger partial charge is 0.419 e. The lowest BCUT2D eigenvalue weighted by Crippen LogP contribution is -2.25. The fraction of sp³-hybridized carbons (Fsp3) is 0.286. The number of halogens is 3. The maximum Gasteiger partial charge on any atom is 0.236 e. The summed E-state index contributed by atoms with van der Waals surface area (Å²) in [4.78, 5) is 6.18. The van der Waals surface area contributed by atoms with Crippen molar-refractivity contribution in [2.45, 2.75) is 35.6 Å². The average Bonchev–Trinajstić information content (AvgIpc) is 2.97. The van der Waals surface area contributed by atoms with Crippen LogP contribution in [-0.2, 0) is 9.84 Å². The zero-order valence-corrected chi connectivity index (χ0v) is 18.3. The number of oxazole rings is 1. The van der Waals surface area contributed by atoms with Crippen LogP contribution in [0.3, 0.4) is 0 Å². The van der Waals surface area contributed by atoms with Gasteiger partial charge in [0.15, 0.2) is 0 Å². The fourth-order valence-electron chi connectivity index (χ4n) is 3.45. The first-order valence-corrected chi connectivity index (χ1v) is 11.8. The van der Waals surface area contributed by atoms with Gasteiger partial charge in [-0.2, -0.15) is 4.98 Å². The van der Waals surface area contributed by atoms with E-state index in [1.54, 1.807) is 18.2 Å². The molecule has 0 N–H and O–H groups in total. The Morgan fingerprint density at radius 2 is 1.63 bits per heavy atom. The molecule has 0 unspecified atom stereocenters. The van der Waals surface area contributed by atoms with Gasteiger partial charge in [-0.1, -0.05) is 36.0 Å². The molecule has 1 aliphatic rings. The number of benzene rings is 2. The number of anilines is 1. The second-order valence-corrected chi connectivity index (χ2v) is 9.82. The number of hydrogen-bond acceptors (Lipinski definition) is 5. The zero-order chi connectivity index (χ0) is 21.3. The Morgan fingerprint density at radius 3 is 2.27 bits per heavy atom. The molecule has 3 aromatic rings. The second kappa shape index (κ2) is 8.57. The van der Waals surface area contributed by atoms with E-state index in [1.807, 2.05) is 4.90 Å². The zero-order valence-electron chi connectivity index (χ0n) is 15.9. The molecule has 2 aromatic carbocycles. The summed E-state index contributed by atoms with van der Waals surface area (Å²) in [5, 5.41) is 0.552. The maximum absolute atomic E-state index is 13.4. The van der Waals surface area contributed by atoms with Gasteiger partial charge in [-0.05, 0) is 55.3 Å². The third kappa shape index (κ3) is 4.19. The molecule has 1 saturated heterocycles. The standard InChI is InChI=1S/C21H19Cl2FN2O3S/c22-14-5-10-17(18(23)13-14)19-25-20(21(29-19)26-11-3-1-2-4-12-26)30(27,28)16-8-6-15(24)7-9-16/h5-10,13H,1-4,11-12H2. The van der Waals surface area contributed by atoms with E-state index >= 15 is 0 Å². The lowest BCUT2D eigenvalue weighted by atomic mass is 10.2. The van der Waals surface area contributed by atoms with Gasteiger partial charge in [0, 0.05) is 18.1 Å². The van der Waals surface area contributed by atoms with Gasteiger partial charge in [-0.3, -0.25) is 0 Å². The molecule has 158 valence electrons. The van der Waals surface area contributed by atoms with Crippen molar-refractivity contribution < 1.29 is 17.2 Å². The first kappa shape index (κ1) is 21.2. The van der Waals surface area contributed by atoms with Crippen molar-refractivity contribution in [3.8, 4) is 11.5 Å². The van der Waals surface area contributed by atoms with Crippen LogP contribution in [0.4, 0.5) is 10.3 Å². The molecule has 4 rings (SSSR count). The number of nitrogens with zero attached hydrogens (tertiary/aromatic N) is 2. The van der Waals surface area contributed by atoms with Gasteiger partial charge in [0.2, 0.25) is 26.6 Å². The van der Waals surface area contributed by atoms with Gasteiger partial charge in [0.1, 0.15) is 5.82 Å². The van der Waals surface area contributed by atoms with E-state index in [4.69, 9.17) is 27.6 Å². The summed E-state index contributed by atoms with van der Waals surface area (Å²) >= 11 is 12.3.